The molecular formula is C14H29N. The van der Waals surface area contributed by atoms with Crippen LogP contribution in [0.1, 0.15) is 66.7 Å². The van der Waals surface area contributed by atoms with Gasteiger partial charge in [0.05, 0.1) is 0 Å². The minimum Gasteiger partial charge on any atom is -0.311 e. The van der Waals surface area contributed by atoms with E-state index in [0.29, 0.717) is 11.5 Å². The summed E-state index contributed by atoms with van der Waals surface area (Å²) in [6.07, 6.45) is 7.03. The molecule has 0 aromatic carbocycles. The summed E-state index contributed by atoms with van der Waals surface area (Å²) in [7, 11) is 0. The van der Waals surface area contributed by atoms with Crippen molar-refractivity contribution in [2.45, 2.75) is 78.8 Å². The van der Waals surface area contributed by atoms with E-state index >= 15 is 0 Å². The number of rotatable bonds is 3. The predicted molar refractivity (Wildman–Crippen MR) is 68.1 cm³/mol. The summed E-state index contributed by atoms with van der Waals surface area (Å²) in [5, 5.41) is 3.82. The molecular weight excluding hydrogens is 182 g/mol. The first-order chi connectivity index (χ1) is 6.93. The zero-order chi connectivity index (χ0) is 11.5. The van der Waals surface area contributed by atoms with Gasteiger partial charge in [0.1, 0.15) is 0 Å². The Hall–Kier alpha value is -0.0400. The van der Waals surface area contributed by atoms with E-state index in [1.165, 1.54) is 32.1 Å². The van der Waals surface area contributed by atoms with Crippen molar-refractivity contribution in [2.75, 3.05) is 0 Å². The molecule has 1 rings (SSSR count). The Morgan fingerprint density at radius 3 is 2.47 bits per heavy atom. The molecule has 0 aromatic rings. The summed E-state index contributed by atoms with van der Waals surface area (Å²) in [6.45, 7) is 11.6. The molecule has 1 saturated carbocycles. The molecule has 0 amide bonds. The van der Waals surface area contributed by atoms with E-state index in [-0.39, 0.29) is 0 Å². The second-order valence-corrected chi connectivity index (χ2v) is 6.39. The molecule has 3 atom stereocenters. The molecule has 1 aliphatic rings. The standard InChI is InChI=1S/C14H29N/c1-6-12-8-7-9-13(10-12)15-11(2)14(3,4)5/h11-13,15H,6-10H2,1-5H3. The Labute approximate surface area is 96.0 Å². The Morgan fingerprint density at radius 2 is 1.93 bits per heavy atom. The van der Waals surface area contributed by atoms with Crippen molar-refractivity contribution in [3.8, 4) is 0 Å². The molecule has 1 nitrogen and oxygen atoms in total. The molecule has 0 bridgehead atoms. The van der Waals surface area contributed by atoms with Gasteiger partial charge in [0.25, 0.3) is 0 Å². The van der Waals surface area contributed by atoms with Gasteiger partial charge in [0.2, 0.25) is 0 Å². The summed E-state index contributed by atoms with van der Waals surface area (Å²) in [4.78, 5) is 0. The fourth-order valence-electron chi connectivity index (χ4n) is 2.42. The van der Waals surface area contributed by atoms with Gasteiger partial charge < -0.3 is 5.32 Å². The van der Waals surface area contributed by atoms with Crippen LogP contribution in [-0.4, -0.2) is 12.1 Å². The molecule has 0 aromatic heterocycles. The van der Waals surface area contributed by atoms with Gasteiger partial charge >= 0.3 is 0 Å². The van der Waals surface area contributed by atoms with Gasteiger partial charge in [-0.1, -0.05) is 47.0 Å². The second-order valence-electron chi connectivity index (χ2n) is 6.39. The lowest BCUT2D eigenvalue weighted by Gasteiger charge is -2.36. The summed E-state index contributed by atoms with van der Waals surface area (Å²) >= 11 is 0. The van der Waals surface area contributed by atoms with Gasteiger partial charge in [0, 0.05) is 12.1 Å². The van der Waals surface area contributed by atoms with E-state index in [1.807, 2.05) is 0 Å². The van der Waals surface area contributed by atoms with E-state index in [1.54, 1.807) is 0 Å². The van der Waals surface area contributed by atoms with Crippen LogP contribution < -0.4 is 5.32 Å². The van der Waals surface area contributed by atoms with Gasteiger partial charge in [0.15, 0.2) is 0 Å². The molecule has 0 saturated heterocycles. The van der Waals surface area contributed by atoms with Crippen LogP contribution in [0.3, 0.4) is 0 Å². The average Bonchev–Trinajstić information content (AvgIpc) is 2.16. The molecule has 1 heteroatoms. The van der Waals surface area contributed by atoms with Crippen molar-refractivity contribution in [3.63, 3.8) is 0 Å². The lowest BCUT2D eigenvalue weighted by Crippen LogP contribution is -2.45. The Morgan fingerprint density at radius 1 is 1.27 bits per heavy atom. The third-order valence-corrected chi connectivity index (χ3v) is 4.14. The highest BCUT2D eigenvalue weighted by molar-refractivity contribution is 4.84. The molecule has 1 N–H and O–H groups in total. The van der Waals surface area contributed by atoms with Gasteiger partial charge in [-0.15, -0.1) is 0 Å². The van der Waals surface area contributed by atoms with Crippen LogP contribution in [-0.2, 0) is 0 Å². The molecule has 15 heavy (non-hydrogen) atoms. The highest BCUT2D eigenvalue weighted by Crippen LogP contribution is 2.28. The maximum absolute atomic E-state index is 3.82. The predicted octanol–water partition coefficient (Wildman–Crippen LogP) is 3.98. The summed E-state index contributed by atoms with van der Waals surface area (Å²) in [5.41, 5.74) is 0.388. The van der Waals surface area contributed by atoms with Crippen molar-refractivity contribution < 1.29 is 0 Å². The molecule has 90 valence electrons. The molecule has 3 unspecified atom stereocenters. The first-order valence-corrected chi connectivity index (χ1v) is 6.69. The second kappa shape index (κ2) is 5.34. The van der Waals surface area contributed by atoms with E-state index < -0.39 is 0 Å². The summed E-state index contributed by atoms with van der Waals surface area (Å²) in [5.74, 6) is 0.975. The normalized spacial score (nSPS) is 30.2. The fraction of sp³-hybridized carbons (Fsp3) is 1.00. The Bertz CT molecular complexity index is 180. The largest absolute Gasteiger partial charge is 0.311 e. The van der Waals surface area contributed by atoms with Gasteiger partial charge in [-0.3, -0.25) is 0 Å². The van der Waals surface area contributed by atoms with Gasteiger partial charge in [-0.05, 0) is 31.1 Å². The van der Waals surface area contributed by atoms with Gasteiger partial charge in [-0.25, -0.2) is 0 Å². The van der Waals surface area contributed by atoms with Crippen LogP contribution in [0.25, 0.3) is 0 Å². The minimum absolute atomic E-state index is 0.388. The first-order valence-electron chi connectivity index (χ1n) is 6.69. The average molecular weight is 211 g/mol. The highest BCUT2D eigenvalue weighted by Gasteiger charge is 2.26. The fourth-order valence-corrected chi connectivity index (χ4v) is 2.42. The molecule has 0 radical (unpaired) electrons. The van der Waals surface area contributed by atoms with Crippen molar-refractivity contribution in [1.29, 1.82) is 0 Å². The molecule has 0 spiro atoms. The maximum atomic E-state index is 3.82. The van der Waals surface area contributed by atoms with Crippen LogP contribution in [0.2, 0.25) is 0 Å². The van der Waals surface area contributed by atoms with Crippen molar-refractivity contribution in [1.82, 2.24) is 5.32 Å². The van der Waals surface area contributed by atoms with Crippen LogP contribution in [0.4, 0.5) is 0 Å². The van der Waals surface area contributed by atoms with Crippen molar-refractivity contribution in [3.05, 3.63) is 0 Å². The minimum atomic E-state index is 0.388. The lowest BCUT2D eigenvalue weighted by atomic mass is 9.82. The topological polar surface area (TPSA) is 12.0 Å². The third kappa shape index (κ3) is 4.14. The number of nitrogens with one attached hydrogen (secondary N) is 1. The third-order valence-electron chi connectivity index (χ3n) is 4.14. The highest BCUT2D eigenvalue weighted by atomic mass is 15.0. The van der Waals surface area contributed by atoms with E-state index in [2.05, 4.69) is 39.9 Å². The zero-order valence-corrected chi connectivity index (χ0v) is 11.3. The molecule has 1 fully saturated rings. The quantitative estimate of drug-likeness (QED) is 0.744. The summed E-state index contributed by atoms with van der Waals surface area (Å²) < 4.78 is 0. The smallest absolute Gasteiger partial charge is 0.00898 e. The van der Waals surface area contributed by atoms with Crippen LogP contribution in [0.15, 0.2) is 0 Å². The number of hydrogen-bond donors (Lipinski definition) is 1. The SMILES string of the molecule is CCC1CCCC(NC(C)C(C)(C)C)C1. The van der Waals surface area contributed by atoms with Crippen molar-refractivity contribution >= 4 is 0 Å². The summed E-state index contributed by atoms with van der Waals surface area (Å²) in [6, 6.07) is 1.40. The van der Waals surface area contributed by atoms with Crippen LogP contribution in [0.5, 0.6) is 0 Å². The molecule has 0 heterocycles. The van der Waals surface area contributed by atoms with Crippen LogP contribution >= 0.6 is 0 Å². The van der Waals surface area contributed by atoms with Crippen LogP contribution in [0, 0.1) is 11.3 Å². The zero-order valence-electron chi connectivity index (χ0n) is 11.3. The van der Waals surface area contributed by atoms with E-state index in [0.717, 1.165) is 12.0 Å². The number of hydrogen-bond acceptors (Lipinski definition) is 1. The van der Waals surface area contributed by atoms with Gasteiger partial charge in [-0.2, -0.15) is 0 Å². The first kappa shape index (κ1) is 13.0. The monoisotopic (exact) mass is 211 g/mol. The van der Waals surface area contributed by atoms with E-state index in [9.17, 15) is 0 Å². The Balaban J connectivity index is 2.38. The van der Waals surface area contributed by atoms with E-state index in [4.69, 9.17) is 0 Å². The lowest BCUT2D eigenvalue weighted by molar-refractivity contribution is 0.210. The molecule has 0 aliphatic heterocycles. The molecule has 1 aliphatic carbocycles. The Kier molecular flexibility index (Phi) is 4.64. The van der Waals surface area contributed by atoms with Crippen molar-refractivity contribution in [2.24, 2.45) is 11.3 Å². The maximum Gasteiger partial charge on any atom is 0.00898 e.